The molecule has 1 aliphatic heterocycles. The van der Waals surface area contributed by atoms with Crippen LogP contribution in [0, 0.1) is 5.92 Å². The van der Waals surface area contributed by atoms with Crippen molar-refractivity contribution in [3.05, 3.63) is 34.9 Å². The van der Waals surface area contributed by atoms with E-state index < -0.39 is 11.5 Å². The summed E-state index contributed by atoms with van der Waals surface area (Å²) in [4.78, 5) is 12.1. The van der Waals surface area contributed by atoms with Crippen molar-refractivity contribution in [3.8, 4) is 0 Å². The lowest BCUT2D eigenvalue weighted by atomic mass is 9.84. The molecule has 2 atom stereocenters. The molecule has 1 aromatic carbocycles. The number of carboxylic acids is 1. The lowest BCUT2D eigenvalue weighted by molar-refractivity contribution is -0.146. The third kappa shape index (κ3) is 2.93. The number of hydrogen-bond donors (Lipinski definition) is 2. The predicted molar refractivity (Wildman–Crippen MR) is 80.5 cm³/mol. The maximum Gasteiger partial charge on any atom is 0.328 e. The van der Waals surface area contributed by atoms with Crippen LogP contribution in [0.5, 0.6) is 0 Å². The highest BCUT2D eigenvalue weighted by atomic mass is 35.5. The minimum Gasteiger partial charge on any atom is -0.480 e. The van der Waals surface area contributed by atoms with E-state index in [-0.39, 0.29) is 12.0 Å². The van der Waals surface area contributed by atoms with Crippen LogP contribution in [0.4, 0.5) is 0 Å². The van der Waals surface area contributed by atoms with Crippen molar-refractivity contribution >= 4 is 17.6 Å². The second kappa shape index (κ2) is 5.95. The monoisotopic (exact) mass is 309 g/mol. The van der Waals surface area contributed by atoms with Crippen LogP contribution in [0.3, 0.4) is 0 Å². The Balaban J connectivity index is 1.86. The van der Waals surface area contributed by atoms with Crippen LogP contribution < -0.4 is 5.32 Å². The molecule has 0 bridgehead atoms. The van der Waals surface area contributed by atoms with Gasteiger partial charge in [0, 0.05) is 18.2 Å². The molecule has 1 aliphatic carbocycles. The first-order valence-corrected chi connectivity index (χ1v) is 7.87. The Bertz CT molecular complexity index is 509. The summed E-state index contributed by atoms with van der Waals surface area (Å²) in [5.74, 6) is -0.678. The minimum absolute atomic E-state index is 0.120. The van der Waals surface area contributed by atoms with Crippen LogP contribution in [0.25, 0.3) is 0 Å². The summed E-state index contributed by atoms with van der Waals surface area (Å²) in [6.45, 7) is 1.35. The highest BCUT2D eigenvalue weighted by Gasteiger charge is 2.52. The molecule has 114 valence electrons. The van der Waals surface area contributed by atoms with Crippen LogP contribution in [-0.4, -0.2) is 30.3 Å². The topological polar surface area (TPSA) is 58.6 Å². The molecule has 2 aliphatic rings. The van der Waals surface area contributed by atoms with E-state index in [0.717, 1.165) is 37.9 Å². The van der Waals surface area contributed by atoms with Gasteiger partial charge in [-0.1, -0.05) is 23.7 Å². The van der Waals surface area contributed by atoms with E-state index in [1.165, 1.54) is 0 Å². The number of nitrogens with one attached hydrogen (secondary N) is 1. The zero-order chi connectivity index (χ0) is 14.9. The summed E-state index contributed by atoms with van der Waals surface area (Å²) in [7, 11) is 0. The van der Waals surface area contributed by atoms with Gasteiger partial charge in [0.1, 0.15) is 5.54 Å². The molecular formula is C16H20ClNO3. The molecule has 1 saturated carbocycles. The molecule has 0 amide bonds. The van der Waals surface area contributed by atoms with E-state index in [2.05, 4.69) is 5.32 Å². The number of benzene rings is 1. The molecule has 2 N–H and O–H groups in total. The third-order valence-corrected chi connectivity index (χ3v) is 4.71. The number of ether oxygens (including phenoxy) is 1. The van der Waals surface area contributed by atoms with Gasteiger partial charge in [-0.3, -0.25) is 5.32 Å². The highest BCUT2D eigenvalue weighted by Crippen LogP contribution is 2.46. The lowest BCUT2D eigenvalue weighted by Crippen LogP contribution is -2.53. The Hall–Kier alpha value is -1.10. The quantitative estimate of drug-likeness (QED) is 0.848. The maximum atomic E-state index is 12.1. The fourth-order valence-corrected chi connectivity index (χ4v) is 3.29. The second-order valence-electron chi connectivity index (χ2n) is 5.91. The SMILES string of the molecule is O=C(O)C(NCC1CCCO1)(c1ccc(Cl)cc1)C1CC1. The molecule has 2 fully saturated rings. The van der Waals surface area contributed by atoms with Crippen LogP contribution in [0.1, 0.15) is 31.2 Å². The van der Waals surface area contributed by atoms with Crippen molar-refractivity contribution < 1.29 is 14.6 Å². The van der Waals surface area contributed by atoms with Gasteiger partial charge in [-0.25, -0.2) is 4.79 Å². The van der Waals surface area contributed by atoms with Crippen molar-refractivity contribution in [1.29, 1.82) is 0 Å². The molecule has 1 saturated heterocycles. The molecule has 0 radical (unpaired) electrons. The van der Waals surface area contributed by atoms with Gasteiger partial charge in [0.25, 0.3) is 0 Å². The second-order valence-corrected chi connectivity index (χ2v) is 6.35. The number of carbonyl (C=O) groups is 1. The van der Waals surface area contributed by atoms with E-state index in [1.807, 2.05) is 12.1 Å². The van der Waals surface area contributed by atoms with Gasteiger partial charge in [0.15, 0.2) is 0 Å². The molecule has 0 spiro atoms. The molecule has 4 nitrogen and oxygen atoms in total. The number of halogens is 1. The highest BCUT2D eigenvalue weighted by molar-refractivity contribution is 6.30. The van der Waals surface area contributed by atoms with Crippen molar-refractivity contribution in [3.63, 3.8) is 0 Å². The number of aliphatic carboxylic acids is 1. The average Bonchev–Trinajstić information content (AvgIpc) is 3.18. The van der Waals surface area contributed by atoms with E-state index in [0.29, 0.717) is 11.6 Å². The Morgan fingerprint density at radius 2 is 2.05 bits per heavy atom. The average molecular weight is 310 g/mol. The van der Waals surface area contributed by atoms with Gasteiger partial charge in [0.05, 0.1) is 6.10 Å². The van der Waals surface area contributed by atoms with Crippen LogP contribution in [0.15, 0.2) is 24.3 Å². The summed E-state index contributed by atoms with van der Waals surface area (Å²) >= 11 is 5.93. The summed E-state index contributed by atoms with van der Waals surface area (Å²) in [5, 5.41) is 13.8. The van der Waals surface area contributed by atoms with Gasteiger partial charge in [-0.15, -0.1) is 0 Å². The number of carboxylic acid groups (broad SMARTS) is 1. The molecule has 21 heavy (non-hydrogen) atoms. The van der Waals surface area contributed by atoms with Crippen molar-refractivity contribution in [1.82, 2.24) is 5.32 Å². The van der Waals surface area contributed by atoms with Gasteiger partial charge in [-0.2, -0.15) is 0 Å². The molecule has 1 heterocycles. The summed E-state index contributed by atoms with van der Waals surface area (Å²) in [6, 6.07) is 7.14. The molecule has 1 aromatic rings. The van der Waals surface area contributed by atoms with E-state index >= 15 is 0 Å². The van der Waals surface area contributed by atoms with E-state index in [9.17, 15) is 9.90 Å². The van der Waals surface area contributed by atoms with Gasteiger partial charge < -0.3 is 9.84 Å². The summed E-state index contributed by atoms with van der Waals surface area (Å²) < 4.78 is 5.61. The summed E-state index contributed by atoms with van der Waals surface area (Å²) in [5.41, 5.74) is -0.240. The normalized spacial score (nSPS) is 24.7. The maximum absolute atomic E-state index is 12.1. The first-order chi connectivity index (χ1) is 10.1. The Labute approximate surface area is 129 Å². The van der Waals surface area contributed by atoms with Gasteiger partial charge in [0.2, 0.25) is 0 Å². The smallest absolute Gasteiger partial charge is 0.328 e. The fourth-order valence-electron chi connectivity index (χ4n) is 3.17. The molecule has 0 aromatic heterocycles. The molecule has 3 rings (SSSR count). The van der Waals surface area contributed by atoms with Crippen molar-refractivity contribution in [2.75, 3.05) is 13.2 Å². The zero-order valence-corrected chi connectivity index (χ0v) is 12.6. The Kier molecular flexibility index (Phi) is 4.20. The third-order valence-electron chi connectivity index (χ3n) is 4.46. The molecule has 2 unspecified atom stereocenters. The number of rotatable bonds is 6. The first kappa shape index (κ1) is 14.8. The van der Waals surface area contributed by atoms with Crippen LogP contribution in [-0.2, 0) is 15.1 Å². The fraction of sp³-hybridized carbons (Fsp3) is 0.562. The standard InChI is InChI=1S/C16H20ClNO3/c17-13-7-5-12(6-8-13)16(15(19)20,11-3-4-11)18-10-14-2-1-9-21-14/h5-8,11,14,18H,1-4,9-10H2,(H,19,20). The van der Waals surface area contributed by atoms with Crippen molar-refractivity contribution in [2.45, 2.75) is 37.3 Å². The van der Waals surface area contributed by atoms with E-state index in [1.54, 1.807) is 12.1 Å². The van der Waals surface area contributed by atoms with Gasteiger partial charge >= 0.3 is 5.97 Å². The minimum atomic E-state index is -1.02. The summed E-state index contributed by atoms with van der Waals surface area (Å²) in [6.07, 6.45) is 4.04. The molecular weight excluding hydrogens is 290 g/mol. The lowest BCUT2D eigenvalue weighted by Gasteiger charge is -2.32. The van der Waals surface area contributed by atoms with Crippen molar-refractivity contribution in [2.24, 2.45) is 5.92 Å². The zero-order valence-electron chi connectivity index (χ0n) is 11.8. The Morgan fingerprint density at radius 3 is 2.57 bits per heavy atom. The van der Waals surface area contributed by atoms with Crippen LogP contribution in [0.2, 0.25) is 5.02 Å². The van der Waals surface area contributed by atoms with E-state index in [4.69, 9.17) is 16.3 Å². The van der Waals surface area contributed by atoms with Gasteiger partial charge in [-0.05, 0) is 49.3 Å². The predicted octanol–water partition coefficient (Wildman–Crippen LogP) is 2.80. The Morgan fingerprint density at radius 1 is 1.33 bits per heavy atom. The largest absolute Gasteiger partial charge is 0.480 e. The number of hydrogen-bond acceptors (Lipinski definition) is 3. The molecule has 5 heteroatoms. The first-order valence-electron chi connectivity index (χ1n) is 7.49. The van der Waals surface area contributed by atoms with Crippen LogP contribution >= 0.6 is 11.6 Å².